The van der Waals surface area contributed by atoms with Gasteiger partial charge >= 0.3 is 0 Å². The number of fused-ring (bicyclic) bond motifs is 5. The van der Waals surface area contributed by atoms with E-state index in [0.29, 0.717) is 11.7 Å². The molecule has 2 aromatic heterocycles. The van der Waals surface area contributed by atoms with Crippen LogP contribution in [0.4, 0.5) is 5.69 Å². The quantitative estimate of drug-likeness (QED) is 0.370. The van der Waals surface area contributed by atoms with Crippen LogP contribution in [-0.4, -0.2) is 21.9 Å². The van der Waals surface area contributed by atoms with E-state index in [1.54, 1.807) is 11.3 Å². The molecule has 6 rings (SSSR count). The van der Waals surface area contributed by atoms with E-state index in [4.69, 9.17) is 31.7 Å². The summed E-state index contributed by atoms with van der Waals surface area (Å²) in [4.78, 5) is 10.6. The molecule has 0 unspecified atom stereocenters. The van der Waals surface area contributed by atoms with Crippen LogP contribution >= 0.6 is 23.6 Å². The standard InChI is InChI=1S/C23H16N4O2S2/c30-23(24-11-13-5-7-18-19(9-13)29-12-28-18)25-14-6-8-20-15(10-14)21-22(31-20)27-17-4-2-1-3-16(17)26-21/h1-10H,11-12H2,(H2,24,25,30). The normalized spacial score (nSPS) is 12.5. The lowest BCUT2D eigenvalue weighted by atomic mass is 10.2. The minimum atomic E-state index is 0.270. The second-order valence-corrected chi connectivity index (χ2v) is 8.61. The third kappa shape index (κ3) is 3.39. The van der Waals surface area contributed by atoms with Crippen molar-refractivity contribution in [3.8, 4) is 11.5 Å². The number of nitrogens with zero attached hydrogens (tertiary/aromatic N) is 2. The van der Waals surface area contributed by atoms with Gasteiger partial charge in [-0.1, -0.05) is 18.2 Å². The number of thiocarbonyl (C=S) groups is 1. The third-order valence-electron chi connectivity index (χ3n) is 5.13. The molecule has 0 aliphatic carbocycles. The Bertz CT molecular complexity index is 1480. The van der Waals surface area contributed by atoms with Crippen LogP contribution in [0.3, 0.4) is 0 Å². The number of ether oxygens (including phenoxy) is 2. The van der Waals surface area contributed by atoms with Gasteiger partial charge in [0.2, 0.25) is 6.79 Å². The fourth-order valence-electron chi connectivity index (χ4n) is 3.62. The number of aromatic nitrogens is 2. The van der Waals surface area contributed by atoms with Crippen LogP contribution in [0.15, 0.2) is 60.7 Å². The Labute approximate surface area is 186 Å². The summed E-state index contributed by atoms with van der Waals surface area (Å²) in [5.41, 5.74) is 4.70. The fourth-order valence-corrected chi connectivity index (χ4v) is 4.82. The van der Waals surface area contributed by atoms with Gasteiger partial charge in [-0.2, -0.15) is 0 Å². The summed E-state index contributed by atoms with van der Waals surface area (Å²) in [5.74, 6) is 1.54. The molecule has 0 bridgehead atoms. The predicted molar refractivity (Wildman–Crippen MR) is 128 cm³/mol. The maximum Gasteiger partial charge on any atom is 0.231 e. The molecule has 2 N–H and O–H groups in total. The molecule has 0 saturated heterocycles. The van der Waals surface area contributed by atoms with Gasteiger partial charge in [0.1, 0.15) is 10.3 Å². The van der Waals surface area contributed by atoms with E-state index in [1.807, 2.05) is 48.5 Å². The lowest BCUT2D eigenvalue weighted by Crippen LogP contribution is -2.27. The molecule has 3 heterocycles. The van der Waals surface area contributed by atoms with Gasteiger partial charge < -0.3 is 20.1 Å². The Morgan fingerprint density at radius 2 is 1.81 bits per heavy atom. The molecule has 0 amide bonds. The van der Waals surface area contributed by atoms with Crippen molar-refractivity contribution in [2.45, 2.75) is 6.54 Å². The van der Waals surface area contributed by atoms with Crippen LogP contribution in [0.25, 0.3) is 31.5 Å². The first-order chi connectivity index (χ1) is 15.2. The van der Waals surface area contributed by atoms with Gasteiger partial charge in [0.05, 0.1) is 11.0 Å². The smallest absolute Gasteiger partial charge is 0.231 e. The molecule has 0 spiro atoms. The highest BCUT2D eigenvalue weighted by atomic mass is 32.1. The summed E-state index contributed by atoms with van der Waals surface area (Å²) in [6.45, 7) is 0.857. The van der Waals surface area contributed by atoms with Crippen molar-refractivity contribution in [3.05, 3.63) is 66.2 Å². The molecule has 0 saturated carbocycles. The highest BCUT2D eigenvalue weighted by molar-refractivity contribution is 7.80. The molecule has 6 nitrogen and oxygen atoms in total. The summed E-state index contributed by atoms with van der Waals surface area (Å²) in [7, 11) is 0. The van der Waals surface area contributed by atoms with Crippen LogP contribution in [0.5, 0.6) is 11.5 Å². The van der Waals surface area contributed by atoms with Gasteiger partial charge in [0, 0.05) is 22.3 Å². The molecule has 1 aliphatic rings. The summed E-state index contributed by atoms with van der Waals surface area (Å²) in [6, 6.07) is 20.0. The molecule has 0 atom stereocenters. The van der Waals surface area contributed by atoms with E-state index < -0.39 is 0 Å². The minimum Gasteiger partial charge on any atom is -0.454 e. The van der Waals surface area contributed by atoms with Gasteiger partial charge in [-0.05, 0) is 60.2 Å². The van der Waals surface area contributed by atoms with Gasteiger partial charge in [0.25, 0.3) is 0 Å². The number of benzene rings is 3. The van der Waals surface area contributed by atoms with Crippen molar-refractivity contribution >= 4 is 65.8 Å². The van der Waals surface area contributed by atoms with Crippen molar-refractivity contribution in [2.75, 3.05) is 12.1 Å². The highest BCUT2D eigenvalue weighted by Crippen LogP contribution is 2.34. The number of thiophene rings is 1. The molecule has 0 fully saturated rings. The Kier molecular flexibility index (Phi) is 4.33. The van der Waals surface area contributed by atoms with Gasteiger partial charge in [-0.15, -0.1) is 11.3 Å². The molecule has 31 heavy (non-hydrogen) atoms. The Morgan fingerprint density at radius 3 is 2.71 bits per heavy atom. The average molecular weight is 445 g/mol. The molecule has 1 aliphatic heterocycles. The van der Waals surface area contributed by atoms with E-state index in [2.05, 4.69) is 22.8 Å². The summed E-state index contributed by atoms with van der Waals surface area (Å²) < 4.78 is 11.9. The van der Waals surface area contributed by atoms with Crippen molar-refractivity contribution in [3.63, 3.8) is 0 Å². The van der Waals surface area contributed by atoms with E-state index in [1.165, 1.54) is 0 Å². The monoisotopic (exact) mass is 444 g/mol. The van der Waals surface area contributed by atoms with Crippen LogP contribution in [0.2, 0.25) is 0 Å². The fraction of sp³-hybridized carbons (Fsp3) is 0.0870. The molecule has 152 valence electrons. The van der Waals surface area contributed by atoms with E-state index in [0.717, 1.165) is 54.2 Å². The molecule has 3 aromatic carbocycles. The second kappa shape index (κ2) is 7.33. The highest BCUT2D eigenvalue weighted by Gasteiger charge is 2.13. The van der Waals surface area contributed by atoms with Crippen LogP contribution in [0.1, 0.15) is 5.56 Å². The zero-order valence-corrected chi connectivity index (χ0v) is 17.8. The van der Waals surface area contributed by atoms with Crippen molar-refractivity contribution < 1.29 is 9.47 Å². The Hall–Kier alpha value is -3.49. The Morgan fingerprint density at radius 1 is 0.968 bits per heavy atom. The number of para-hydroxylation sites is 2. The lowest BCUT2D eigenvalue weighted by molar-refractivity contribution is 0.174. The number of nitrogens with one attached hydrogen (secondary N) is 2. The van der Waals surface area contributed by atoms with Crippen LogP contribution in [0, 0.1) is 0 Å². The number of hydrogen-bond donors (Lipinski definition) is 2. The zero-order valence-electron chi connectivity index (χ0n) is 16.2. The van der Waals surface area contributed by atoms with E-state index in [-0.39, 0.29) is 6.79 Å². The minimum absolute atomic E-state index is 0.270. The maximum atomic E-state index is 5.49. The lowest BCUT2D eigenvalue weighted by Gasteiger charge is -2.11. The van der Waals surface area contributed by atoms with Gasteiger partial charge in [0.15, 0.2) is 16.6 Å². The van der Waals surface area contributed by atoms with Gasteiger partial charge in [-0.25, -0.2) is 9.97 Å². The molecule has 8 heteroatoms. The largest absolute Gasteiger partial charge is 0.454 e. The van der Waals surface area contributed by atoms with E-state index in [9.17, 15) is 0 Å². The summed E-state index contributed by atoms with van der Waals surface area (Å²) in [5, 5.41) is 8.13. The first-order valence-corrected chi connectivity index (χ1v) is 11.0. The predicted octanol–water partition coefficient (Wildman–Crippen LogP) is 5.21. The maximum absolute atomic E-state index is 5.49. The molecular formula is C23H16N4O2S2. The third-order valence-corrected chi connectivity index (χ3v) is 6.43. The topological polar surface area (TPSA) is 68.3 Å². The van der Waals surface area contributed by atoms with Crippen molar-refractivity contribution in [1.29, 1.82) is 0 Å². The van der Waals surface area contributed by atoms with Gasteiger partial charge in [-0.3, -0.25) is 0 Å². The molecule has 0 radical (unpaired) electrons. The number of hydrogen-bond acceptors (Lipinski definition) is 6. The first kappa shape index (κ1) is 18.3. The van der Waals surface area contributed by atoms with Crippen LogP contribution in [-0.2, 0) is 6.54 Å². The average Bonchev–Trinajstić information content (AvgIpc) is 3.39. The van der Waals surface area contributed by atoms with Crippen LogP contribution < -0.4 is 20.1 Å². The second-order valence-electron chi connectivity index (χ2n) is 7.17. The number of anilines is 1. The Balaban J connectivity index is 1.23. The summed E-state index contributed by atoms with van der Waals surface area (Å²) >= 11 is 7.14. The first-order valence-electron chi connectivity index (χ1n) is 9.75. The summed E-state index contributed by atoms with van der Waals surface area (Å²) in [6.07, 6.45) is 0. The van der Waals surface area contributed by atoms with Crippen molar-refractivity contribution in [1.82, 2.24) is 15.3 Å². The zero-order chi connectivity index (χ0) is 20.8. The van der Waals surface area contributed by atoms with E-state index >= 15 is 0 Å². The van der Waals surface area contributed by atoms with Crippen molar-refractivity contribution in [2.24, 2.45) is 0 Å². The number of rotatable bonds is 3. The molecular weight excluding hydrogens is 428 g/mol. The SMILES string of the molecule is S=C(NCc1ccc2c(c1)OCO2)Nc1ccc2sc3nc4ccccc4nc3c2c1. The molecule has 5 aromatic rings.